The highest BCUT2D eigenvalue weighted by Crippen LogP contribution is 2.12. The number of hydrogen-bond acceptors (Lipinski definition) is 3. The Morgan fingerprint density at radius 1 is 0.710 bits per heavy atom. The fourth-order valence-corrected chi connectivity index (χ4v) is 4.14. The molecule has 0 aromatic rings. The van der Waals surface area contributed by atoms with Gasteiger partial charge in [0, 0.05) is 13.0 Å². The van der Waals surface area contributed by atoms with Gasteiger partial charge in [0.2, 0.25) is 5.91 Å². The Labute approximate surface area is 192 Å². The Hall–Kier alpha value is -0.880. The first kappa shape index (κ1) is 30.1. The van der Waals surface area contributed by atoms with E-state index in [1.54, 1.807) is 0 Å². The molecule has 184 valence electrons. The average molecular weight is 460 g/mol. The zero-order valence-electron chi connectivity index (χ0n) is 20.1. The van der Waals surface area contributed by atoms with E-state index in [0.717, 1.165) is 12.8 Å². The van der Waals surface area contributed by atoms with Crippen molar-refractivity contribution < 1.29 is 17.8 Å². The van der Waals surface area contributed by atoms with Gasteiger partial charge in [0.15, 0.2) is 0 Å². The molecule has 0 saturated carbocycles. The number of nitrogens with one attached hydrogen (secondary N) is 1. The average Bonchev–Trinajstić information content (AvgIpc) is 2.72. The summed E-state index contributed by atoms with van der Waals surface area (Å²) in [5, 5.41) is 2.69. The predicted octanol–water partition coefficient (Wildman–Crippen LogP) is 6.98. The summed E-state index contributed by atoms with van der Waals surface area (Å²) < 4.78 is 29.8. The van der Waals surface area contributed by atoms with Crippen molar-refractivity contribution in [3.63, 3.8) is 0 Å². The van der Waals surface area contributed by atoms with Crippen LogP contribution in [-0.4, -0.2) is 31.2 Å². The molecule has 0 fully saturated rings. The lowest BCUT2D eigenvalue weighted by atomic mass is 10.1. The second kappa shape index (κ2) is 22.3. The lowest BCUT2D eigenvalue weighted by Crippen LogP contribution is -2.25. The van der Waals surface area contributed by atoms with Crippen molar-refractivity contribution in [1.82, 2.24) is 5.32 Å². The van der Waals surface area contributed by atoms with Gasteiger partial charge >= 0.3 is 0 Å². The fraction of sp³-hybridized carbons (Fsp3) is 0.880. The molecule has 0 bridgehead atoms. The van der Waals surface area contributed by atoms with Gasteiger partial charge in [0.05, 0.1) is 5.75 Å². The van der Waals surface area contributed by atoms with Gasteiger partial charge in [-0.1, -0.05) is 96.1 Å². The third-order valence-corrected chi connectivity index (χ3v) is 6.37. The van der Waals surface area contributed by atoms with E-state index >= 15 is 0 Å². The molecule has 5 nitrogen and oxygen atoms in total. The summed E-state index contributed by atoms with van der Waals surface area (Å²) in [5.74, 6) is -0.333. The summed E-state index contributed by atoms with van der Waals surface area (Å²) in [6, 6.07) is 0. The van der Waals surface area contributed by atoms with Crippen LogP contribution < -0.4 is 5.32 Å². The van der Waals surface area contributed by atoms with Crippen LogP contribution in [-0.2, 0) is 14.9 Å². The van der Waals surface area contributed by atoms with Crippen LogP contribution in [0.3, 0.4) is 0 Å². The van der Waals surface area contributed by atoms with E-state index in [9.17, 15) is 13.2 Å². The third kappa shape index (κ3) is 27.1. The number of carbonyl (C=O) groups excluding carboxylic acids is 1. The second-order valence-corrected chi connectivity index (χ2v) is 10.3. The van der Waals surface area contributed by atoms with Crippen molar-refractivity contribution in [2.75, 3.05) is 12.3 Å². The second-order valence-electron chi connectivity index (χ2n) is 8.74. The molecule has 0 heterocycles. The molecular formula is C25H49NO4S. The minimum atomic E-state index is -3.92. The third-order valence-electron chi connectivity index (χ3n) is 5.57. The lowest BCUT2D eigenvalue weighted by molar-refractivity contribution is -0.121. The van der Waals surface area contributed by atoms with Gasteiger partial charge in [0.1, 0.15) is 0 Å². The molecule has 2 N–H and O–H groups in total. The van der Waals surface area contributed by atoms with Crippen LogP contribution >= 0.6 is 0 Å². The Morgan fingerprint density at radius 2 is 1.16 bits per heavy atom. The minimum Gasteiger partial charge on any atom is -0.356 e. The maximum absolute atomic E-state index is 11.6. The Bertz CT molecular complexity index is 532. The van der Waals surface area contributed by atoms with E-state index in [1.165, 1.54) is 96.3 Å². The molecule has 0 saturated heterocycles. The highest BCUT2D eigenvalue weighted by Gasteiger charge is 2.05. The molecule has 0 atom stereocenters. The quantitative estimate of drug-likeness (QED) is 0.0980. The van der Waals surface area contributed by atoms with Gasteiger partial charge in [-0.15, -0.1) is 0 Å². The molecule has 0 aromatic carbocycles. The molecule has 0 aromatic heterocycles. The summed E-state index contributed by atoms with van der Waals surface area (Å²) in [6.45, 7) is 2.56. The molecule has 0 spiro atoms. The number of amides is 1. The van der Waals surface area contributed by atoms with Crippen LogP contribution in [0.1, 0.15) is 129 Å². The standard InChI is InChI=1S/C25H49NO4S/c1-2-3-4-5-6-7-8-9-10-11-12-13-14-15-16-17-18-19-20-22-25(27)26-23-21-24-31(28,29)30/h9-10H,2-8,11-24H2,1H3,(H,26,27)(H,28,29,30)/b10-9-. The maximum Gasteiger partial charge on any atom is 0.264 e. The smallest absolute Gasteiger partial charge is 0.264 e. The van der Waals surface area contributed by atoms with Crippen LogP contribution in [0.4, 0.5) is 0 Å². The first-order valence-electron chi connectivity index (χ1n) is 12.8. The molecule has 0 unspecified atom stereocenters. The van der Waals surface area contributed by atoms with Gasteiger partial charge in [-0.25, -0.2) is 0 Å². The van der Waals surface area contributed by atoms with Gasteiger partial charge in [0.25, 0.3) is 10.1 Å². The van der Waals surface area contributed by atoms with Gasteiger partial charge in [-0.05, 0) is 38.5 Å². The van der Waals surface area contributed by atoms with Crippen molar-refractivity contribution in [2.45, 2.75) is 129 Å². The number of carbonyl (C=O) groups is 1. The molecule has 6 heteroatoms. The van der Waals surface area contributed by atoms with Crippen LogP contribution in [0, 0.1) is 0 Å². The summed E-state index contributed by atoms with van der Waals surface area (Å²) >= 11 is 0. The number of allylic oxidation sites excluding steroid dienone is 2. The SMILES string of the molecule is CCCCCCCC/C=C\CCCCCCCCCCCC(=O)NCCCS(=O)(=O)O. The minimum absolute atomic E-state index is 0.0311. The first-order chi connectivity index (χ1) is 15.0. The van der Waals surface area contributed by atoms with Crippen LogP contribution in [0.15, 0.2) is 12.2 Å². The molecule has 0 aliphatic rings. The Balaban J connectivity index is 3.22. The number of unbranched alkanes of at least 4 members (excludes halogenated alkanes) is 15. The normalized spacial score (nSPS) is 11.9. The molecule has 31 heavy (non-hydrogen) atoms. The zero-order valence-corrected chi connectivity index (χ0v) is 20.9. The van der Waals surface area contributed by atoms with E-state index in [4.69, 9.17) is 4.55 Å². The molecule has 0 aliphatic carbocycles. The van der Waals surface area contributed by atoms with E-state index in [-0.39, 0.29) is 18.1 Å². The van der Waals surface area contributed by atoms with E-state index in [2.05, 4.69) is 24.4 Å². The van der Waals surface area contributed by atoms with Gasteiger partial charge < -0.3 is 5.32 Å². The maximum atomic E-state index is 11.6. The van der Waals surface area contributed by atoms with E-state index in [0.29, 0.717) is 13.0 Å². The van der Waals surface area contributed by atoms with E-state index in [1.807, 2.05) is 0 Å². The summed E-state index contributed by atoms with van der Waals surface area (Å²) in [4.78, 5) is 11.6. The lowest BCUT2D eigenvalue weighted by Gasteiger charge is -2.05. The molecule has 0 aliphatic heterocycles. The molecule has 1 amide bonds. The van der Waals surface area contributed by atoms with Crippen molar-refractivity contribution in [3.05, 3.63) is 12.2 Å². The van der Waals surface area contributed by atoms with Crippen LogP contribution in [0.25, 0.3) is 0 Å². The Morgan fingerprint density at radius 3 is 1.65 bits per heavy atom. The highest BCUT2D eigenvalue weighted by molar-refractivity contribution is 7.85. The Kier molecular flexibility index (Phi) is 21.7. The fourth-order valence-electron chi connectivity index (χ4n) is 3.63. The topological polar surface area (TPSA) is 83.5 Å². The molecular weight excluding hydrogens is 410 g/mol. The van der Waals surface area contributed by atoms with Crippen molar-refractivity contribution >= 4 is 16.0 Å². The van der Waals surface area contributed by atoms with Gasteiger partial charge in [-0.3, -0.25) is 9.35 Å². The number of rotatable bonds is 23. The zero-order chi connectivity index (χ0) is 23.0. The van der Waals surface area contributed by atoms with Gasteiger partial charge in [-0.2, -0.15) is 8.42 Å². The monoisotopic (exact) mass is 459 g/mol. The number of hydrogen-bond donors (Lipinski definition) is 2. The van der Waals surface area contributed by atoms with Crippen molar-refractivity contribution in [2.24, 2.45) is 0 Å². The first-order valence-corrected chi connectivity index (χ1v) is 14.4. The molecule has 0 rings (SSSR count). The summed E-state index contributed by atoms with van der Waals surface area (Å²) in [6.07, 6.45) is 27.2. The van der Waals surface area contributed by atoms with Crippen LogP contribution in [0.2, 0.25) is 0 Å². The predicted molar refractivity (Wildman–Crippen MR) is 132 cm³/mol. The van der Waals surface area contributed by atoms with Crippen molar-refractivity contribution in [1.29, 1.82) is 0 Å². The largest absolute Gasteiger partial charge is 0.356 e. The summed E-state index contributed by atoms with van der Waals surface area (Å²) in [7, 11) is -3.92. The highest BCUT2D eigenvalue weighted by atomic mass is 32.2. The van der Waals surface area contributed by atoms with E-state index < -0.39 is 10.1 Å². The van der Waals surface area contributed by atoms with Crippen LogP contribution in [0.5, 0.6) is 0 Å². The summed E-state index contributed by atoms with van der Waals surface area (Å²) in [5.41, 5.74) is 0. The molecule has 0 radical (unpaired) electrons. The van der Waals surface area contributed by atoms with Crippen molar-refractivity contribution in [3.8, 4) is 0 Å².